The Morgan fingerprint density at radius 1 is 1.21 bits per heavy atom. The van der Waals surface area contributed by atoms with Crippen LogP contribution in [0.5, 0.6) is 0 Å². The molecule has 0 spiro atoms. The van der Waals surface area contributed by atoms with Crippen molar-refractivity contribution in [3.05, 3.63) is 64.6 Å². The number of benzene rings is 2. The molecule has 0 N–H and O–H groups in total. The lowest BCUT2D eigenvalue weighted by atomic mass is 10.1. The van der Waals surface area contributed by atoms with Crippen molar-refractivity contribution in [2.24, 2.45) is 0 Å². The van der Waals surface area contributed by atoms with E-state index in [1.165, 1.54) is 0 Å². The number of aryl methyl sites for hydroxylation is 1. The second-order valence-electron chi connectivity index (χ2n) is 4.52. The highest BCUT2D eigenvalue weighted by Gasteiger charge is 2.12. The number of fused-ring (bicyclic) bond motifs is 1. The van der Waals surface area contributed by atoms with Crippen molar-refractivity contribution >= 4 is 22.5 Å². The van der Waals surface area contributed by atoms with Crippen molar-refractivity contribution < 1.29 is 4.39 Å². The smallest absolute Gasteiger partial charge is 0.132 e. The summed E-state index contributed by atoms with van der Waals surface area (Å²) < 4.78 is 15.9. The number of halogens is 2. The number of hydrogen-bond donors (Lipinski definition) is 0. The molecule has 0 amide bonds. The summed E-state index contributed by atoms with van der Waals surface area (Å²) in [6, 6.07) is 11.2. The van der Waals surface area contributed by atoms with Crippen LogP contribution in [0.25, 0.3) is 10.9 Å². The number of aromatic nitrogens is 2. The molecular formula is C15H12ClFN2. The molecule has 0 aliphatic heterocycles. The number of nitrogens with zero attached hydrogens (tertiary/aromatic N) is 2. The molecule has 1 aromatic heterocycles. The van der Waals surface area contributed by atoms with Crippen LogP contribution in [-0.2, 0) is 6.54 Å². The molecule has 0 unspecified atom stereocenters. The first-order chi connectivity index (χ1) is 9.16. The minimum absolute atomic E-state index is 0.257. The Kier molecular flexibility index (Phi) is 2.99. The molecule has 2 aromatic carbocycles. The van der Waals surface area contributed by atoms with Crippen molar-refractivity contribution in [3.8, 4) is 0 Å². The van der Waals surface area contributed by atoms with Crippen molar-refractivity contribution in [1.29, 1.82) is 0 Å². The van der Waals surface area contributed by atoms with Gasteiger partial charge in [0.05, 0.1) is 18.3 Å². The number of rotatable bonds is 2. The molecule has 0 bridgehead atoms. The van der Waals surface area contributed by atoms with Gasteiger partial charge >= 0.3 is 0 Å². The van der Waals surface area contributed by atoms with Crippen LogP contribution < -0.4 is 0 Å². The zero-order chi connectivity index (χ0) is 13.4. The Labute approximate surface area is 115 Å². The van der Waals surface area contributed by atoms with Crippen molar-refractivity contribution in [2.45, 2.75) is 13.5 Å². The van der Waals surface area contributed by atoms with Crippen molar-refractivity contribution in [3.63, 3.8) is 0 Å². The molecule has 3 rings (SSSR count). The normalized spacial score (nSPS) is 11.1. The van der Waals surface area contributed by atoms with Gasteiger partial charge in [-0.1, -0.05) is 35.9 Å². The Bertz CT molecular complexity index is 749. The maximum absolute atomic E-state index is 14.1. The highest BCUT2D eigenvalue weighted by Crippen LogP contribution is 2.24. The van der Waals surface area contributed by atoms with Crippen LogP contribution in [0.3, 0.4) is 0 Å². The quantitative estimate of drug-likeness (QED) is 0.685. The lowest BCUT2D eigenvalue weighted by molar-refractivity contribution is 0.583. The van der Waals surface area contributed by atoms with Gasteiger partial charge in [0.25, 0.3) is 0 Å². The van der Waals surface area contributed by atoms with Gasteiger partial charge in [-0.05, 0) is 24.6 Å². The summed E-state index contributed by atoms with van der Waals surface area (Å²) in [5.74, 6) is -0.257. The summed E-state index contributed by atoms with van der Waals surface area (Å²) in [6.07, 6.45) is 1.77. The molecule has 0 aliphatic carbocycles. The fourth-order valence-corrected chi connectivity index (χ4v) is 2.37. The topological polar surface area (TPSA) is 17.8 Å². The van der Waals surface area contributed by atoms with Crippen LogP contribution in [0.2, 0.25) is 5.02 Å². The first-order valence-electron chi connectivity index (χ1n) is 6.01. The monoisotopic (exact) mass is 274 g/mol. The summed E-state index contributed by atoms with van der Waals surface area (Å²) in [4.78, 5) is 0. The highest BCUT2D eigenvalue weighted by atomic mass is 35.5. The van der Waals surface area contributed by atoms with Crippen molar-refractivity contribution in [2.75, 3.05) is 0 Å². The first-order valence-corrected chi connectivity index (χ1v) is 6.38. The summed E-state index contributed by atoms with van der Waals surface area (Å²) in [7, 11) is 0. The van der Waals surface area contributed by atoms with E-state index < -0.39 is 0 Å². The summed E-state index contributed by atoms with van der Waals surface area (Å²) in [5.41, 5.74) is 2.05. The molecule has 19 heavy (non-hydrogen) atoms. The summed E-state index contributed by atoms with van der Waals surface area (Å²) >= 11 is 6.09. The molecule has 4 heteroatoms. The Hall–Kier alpha value is -1.87. The molecule has 2 nitrogen and oxygen atoms in total. The van der Waals surface area contributed by atoms with E-state index in [9.17, 15) is 4.39 Å². The van der Waals surface area contributed by atoms with Crippen LogP contribution in [0.4, 0.5) is 4.39 Å². The van der Waals surface area contributed by atoms with Gasteiger partial charge in [-0.2, -0.15) is 5.10 Å². The van der Waals surface area contributed by atoms with Crippen LogP contribution in [-0.4, -0.2) is 9.78 Å². The Morgan fingerprint density at radius 3 is 2.84 bits per heavy atom. The zero-order valence-corrected chi connectivity index (χ0v) is 11.2. The maximum Gasteiger partial charge on any atom is 0.132 e. The summed E-state index contributed by atoms with van der Waals surface area (Å²) in [5, 5.41) is 5.76. The highest BCUT2D eigenvalue weighted by molar-refractivity contribution is 6.31. The van der Waals surface area contributed by atoms with Gasteiger partial charge < -0.3 is 0 Å². The van der Waals surface area contributed by atoms with E-state index in [0.717, 1.165) is 10.9 Å². The van der Waals surface area contributed by atoms with Crippen molar-refractivity contribution in [1.82, 2.24) is 9.78 Å². The van der Waals surface area contributed by atoms with E-state index in [0.29, 0.717) is 22.7 Å². The Balaban J connectivity index is 2.09. The van der Waals surface area contributed by atoms with Gasteiger partial charge in [0, 0.05) is 16.0 Å². The van der Waals surface area contributed by atoms with E-state index in [2.05, 4.69) is 5.10 Å². The molecule has 1 heterocycles. The molecule has 0 fully saturated rings. The molecule has 0 atom stereocenters. The lowest BCUT2D eigenvalue weighted by Crippen LogP contribution is -2.05. The molecule has 3 aromatic rings. The van der Waals surface area contributed by atoms with E-state index in [1.54, 1.807) is 29.9 Å². The fourth-order valence-electron chi connectivity index (χ4n) is 2.16. The standard InChI is InChI=1S/C15H12ClFN2/c1-10-6-7-13(16)12(15(10)17)9-19-14-5-3-2-4-11(14)8-18-19/h2-8H,9H2,1H3. The van der Waals surface area contributed by atoms with E-state index in [1.807, 2.05) is 24.3 Å². The van der Waals surface area contributed by atoms with Crippen LogP contribution >= 0.6 is 11.6 Å². The Morgan fingerprint density at radius 2 is 2.00 bits per heavy atom. The average Bonchev–Trinajstić information content (AvgIpc) is 2.83. The lowest BCUT2D eigenvalue weighted by Gasteiger charge is -2.09. The summed E-state index contributed by atoms with van der Waals surface area (Å²) in [6.45, 7) is 2.07. The molecule has 0 saturated heterocycles. The molecule has 0 saturated carbocycles. The molecule has 0 radical (unpaired) electrons. The van der Waals surface area contributed by atoms with Gasteiger partial charge in [0.15, 0.2) is 0 Å². The van der Waals surface area contributed by atoms with Gasteiger partial charge in [-0.25, -0.2) is 4.39 Å². The zero-order valence-electron chi connectivity index (χ0n) is 10.4. The van der Waals surface area contributed by atoms with Gasteiger partial charge in [-0.15, -0.1) is 0 Å². The van der Waals surface area contributed by atoms with Gasteiger partial charge in [0.2, 0.25) is 0 Å². The van der Waals surface area contributed by atoms with E-state index >= 15 is 0 Å². The molecule has 96 valence electrons. The third-order valence-electron chi connectivity index (χ3n) is 3.24. The second-order valence-corrected chi connectivity index (χ2v) is 4.93. The SMILES string of the molecule is Cc1ccc(Cl)c(Cn2ncc3ccccc32)c1F. The average molecular weight is 275 g/mol. The van der Waals surface area contributed by atoms with E-state index in [-0.39, 0.29) is 5.82 Å². The maximum atomic E-state index is 14.1. The van der Waals surface area contributed by atoms with Crippen LogP contribution in [0, 0.1) is 12.7 Å². The minimum atomic E-state index is -0.257. The largest absolute Gasteiger partial charge is 0.260 e. The number of hydrogen-bond acceptors (Lipinski definition) is 1. The van der Waals surface area contributed by atoms with Crippen LogP contribution in [0.15, 0.2) is 42.6 Å². The van der Waals surface area contributed by atoms with Gasteiger partial charge in [0.1, 0.15) is 5.82 Å². The molecular weight excluding hydrogens is 263 g/mol. The number of para-hydroxylation sites is 1. The van der Waals surface area contributed by atoms with Gasteiger partial charge in [-0.3, -0.25) is 4.68 Å². The minimum Gasteiger partial charge on any atom is -0.260 e. The van der Waals surface area contributed by atoms with E-state index in [4.69, 9.17) is 11.6 Å². The van der Waals surface area contributed by atoms with Crippen LogP contribution in [0.1, 0.15) is 11.1 Å². The third-order valence-corrected chi connectivity index (χ3v) is 3.59. The molecule has 0 aliphatic rings. The first kappa shape index (κ1) is 12.2. The second kappa shape index (κ2) is 4.67. The predicted molar refractivity (Wildman–Crippen MR) is 75.0 cm³/mol. The third kappa shape index (κ3) is 2.10. The fraction of sp³-hybridized carbons (Fsp3) is 0.133. The predicted octanol–water partition coefficient (Wildman–Crippen LogP) is 4.19.